The van der Waals surface area contributed by atoms with Gasteiger partial charge in [-0.1, -0.05) is 6.92 Å². The molecule has 0 saturated carbocycles. The fraction of sp³-hybridized carbons (Fsp3) is 0.833. The molecule has 0 saturated heterocycles. The molecule has 0 aliphatic carbocycles. The highest BCUT2D eigenvalue weighted by atomic mass is 127. The zero-order valence-corrected chi connectivity index (χ0v) is 15.4. The number of rotatable bonds is 8. The Morgan fingerprint density at radius 2 is 1.95 bits per heavy atom. The highest BCUT2D eigenvalue weighted by Gasteiger charge is 2.05. The van der Waals surface area contributed by atoms with Crippen LogP contribution < -0.4 is 16.0 Å². The predicted octanol–water partition coefficient (Wildman–Crippen LogP) is 1.44. The molecule has 3 N–H and O–H groups in total. The fourth-order valence-corrected chi connectivity index (χ4v) is 1.54. The molecule has 0 radical (unpaired) electrons. The van der Waals surface area contributed by atoms with Gasteiger partial charge >= 0.3 is 0 Å². The SMILES string of the molecule is CCC(C)NC(=O)CCNC(=NC)NCCSC.I. The molecule has 0 heterocycles. The van der Waals surface area contributed by atoms with Crippen molar-refractivity contribution in [1.82, 2.24) is 16.0 Å². The minimum Gasteiger partial charge on any atom is -0.356 e. The van der Waals surface area contributed by atoms with Gasteiger partial charge in [0, 0.05) is 38.4 Å². The Hall–Kier alpha value is -0.180. The van der Waals surface area contributed by atoms with Gasteiger partial charge in [0.15, 0.2) is 5.96 Å². The second-order valence-electron chi connectivity index (χ2n) is 4.05. The normalized spacial score (nSPS) is 12.3. The van der Waals surface area contributed by atoms with E-state index in [-0.39, 0.29) is 35.9 Å². The van der Waals surface area contributed by atoms with Gasteiger partial charge in [0.05, 0.1) is 0 Å². The summed E-state index contributed by atoms with van der Waals surface area (Å²) in [5.41, 5.74) is 0. The molecule has 0 rings (SSSR count). The first kappa shape index (κ1) is 21.1. The molecule has 0 aromatic heterocycles. The summed E-state index contributed by atoms with van der Waals surface area (Å²) in [6.45, 7) is 5.54. The summed E-state index contributed by atoms with van der Waals surface area (Å²) in [6, 6.07) is 0.247. The molecule has 1 amide bonds. The van der Waals surface area contributed by atoms with Crippen LogP contribution in [-0.4, -0.2) is 50.1 Å². The second-order valence-corrected chi connectivity index (χ2v) is 5.03. The topological polar surface area (TPSA) is 65.5 Å². The van der Waals surface area contributed by atoms with Gasteiger partial charge in [0.2, 0.25) is 5.91 Å². The molecular formula is C12H27IN4OS. The Morgan fingerprint density at radius 1 is 1.32 bits per heavy atom. The number of aliphatic imine (C=N–C) groups is 1. The number of carbonyl (C=O) groups excluding carboxylic acids is 1. The Balaban J connectivity index is 0. The maximum Gasteiger partial charge on any atom is 0.221 e. The highest BCUT2D eigenvalue weighted by Crippen LogP contribution is 1.89. The predicted molar refractivity (Wildman–Crippen MR) is 95.7 cm³/mol. The number of nitrogens with zero attached hydrogens (tertiary/aromatic N) is 1. The first-order chi connectivity index (χ1) is 8.63. The van der Waals surface area contributed by atoms with Crippen LogP contribution in [0.4, 0.5) is 0 Å². The number of halogens is 1. The quantitative estimate of drug-likeness (QED) is 0.249. The van der Waals surface area contributed by atoms with Crippen molar-refractivity contribution in [3.63, 3.8) is 0 Å². The molecule has 7 heteroatoms. The maximum atomic E-state index is 11.5. The Labute approximate surface area is 138 Å². The van der Waals surface area contributed by atoms with Crippen molar-refractivity contribution in [2.75, 3.05) is 32.1 Å². The van der Waals surface area contributed by atoms with Crippen LogP contribution in [0.5, 0.6) is 0 Å². The summed E-state index contributed by atoms with van der Waals surface area (Å²) in [5, 5.41) is 9.23. The van der Waals surface area contributed by atoms with Gasteiger partial charge in [-0.2, -0.15) is 11.8 Å². The van der Waals surface area contributed by atoms with Gasteiger partial charge in [-0.3, -0.25) is 9.79 Å². The summed E-state index contributed by atoms with van der Waals surface area (Å²) in [5.74, 6) is 1.87. The van der Waals surface area contributed by atoms with Gasteiger partial charge in [0.25, 0.3) is 0 Å². The largest absolute Gasteiger partial charge is 0.356 e. The highest BCUT2D eigenvalue weighted by molar-refractivity contribution is 14.0. The van der Waals surface area contributed by atoms with E-state index in [2.05, 4.69) is 34.1 Å². The summed E-state index contributed by atoms with van der Waals surface area (Å²) in [6.07, 6.45) is 3.49. The Kier molecular flexibility index (Phi) is 15.8. The zero-order valence-electron chi connectivity index (χ0n) is 12.3. The molecule has 0 spiro atoms. The average Bonchev–Trinajstić information content (AvgIpc) is 2.36. The second kappa shape index (κ2) is 14.2. The lowest BCUT2D eigenvalue weighted by Crippen LogP contribution is -2.41. The van der Waals surface area contributed by atoms with Gasteiger partial charge in [-0.05, 0) is 19.6 Å². The van der Waals surface area contributed by atoms with Crippen LogP contribution in [0.1, 0.15) is 26.7 Å². The van der Waals surface area contributed by atoms with Crippen LogP contribution in [0.3, 0.4) is 0 Å². The summed E-state index contributed by atoms with van der Waals surface area (Å²) in [4.78, 5) is 15.6. The van der Waals surface area contributed by atoms with Crippen molar-refractivity contribution in [3.05, 3.63) is 0 Å². The van der Waals surface area contributed by atoms with Crippen molar-refractivity contribution >= 4 is 47.6 Å². The van der Waals surface area contributed by atoms with Gasteiger partial charge in [0.1, 0.15) is 0 Å². The molecule has 0 bridgehead atoms. The Morgan fingerprint density at radius 3 is 2.47 bits per heavy atom. The van der Waals surface area contributed by atoms with Crippen LogP contribution in [-0.2, 0) is 4.79 Å². The molecule has 114 valence electrons. The number of amides is 1. The third-order valence-electron chi connectivity index (χ3n) is 2.49. The standard InChI is InChI=1S/C12H26N4OS.HI/c1-5-10(2)16-11(17)6-7-14-12(13-3)15-8-9-18-4;/h10H,5-9H2,1-4H3,(H,16,17)(H2,13,14,15);1H. The molecular weight excluding hydrogens is 375 g/mol. The number of hydrogen-bond acceptors (Lipinski definition) is 3. The molecule has 0 aromatic carbocycles. The minimum atomic E-state index is 0. The lowest BCUT2D eigenvalue weighted by atomic mass is 10.2. The third kappa shape index (κ3) is 12.6. The van der Waals surface area contributed by atoms with Crippen molar-refractivity contribution < 1.29 is 4.79 Å². The van der Waals surface area contributed by atoms with E-state index in [1.54, 1.807) is 18.8 Å². The van der Waals surface area contributed by atoms with Gasteiger partial charge < -0.3 is 16.0 Å². The molecule has 0 fully saturated rings. The zero-order chi connectivity index (χ0) is 13.8. The molecule has 1 unspecified atom stereocenters. The van der Waals surface area contributed by atoms with E-state index < -0.39 is 0 Å². The lowest BCUT2D eigenvalue weighted by molar-refractivity contribution is -0.121. The van der Waals surface area contributed by atoms with E-state index in [1.807, 2.05) is 6.92 Å². The fourth-order valence-electron chi connectivity index (χ4n) is 1.24. The van der Waals surface area contributed by atoms with Gasteiger partial charge in [-0.15, -0.1) is 24.0 Å². The van der Waals surface area contributed by atoms with Crippen molar-refractivity contribution in [2.45, 2.75) is 32.7 Å². The van der Waals surface area contributed by atoms with Crippen LogP contribution in [0.25, 0.3) is 0 Å². The molecule has 1 atom stereocenters. The Bertz CT molecular complexity index is 264. The maximum absolute atomic E-state index is 11.5. The van der Waals surface area contributed by atoms with E-state index in [9.17, 15) is 4.79 Å². The van der Waals surface area contributed by atoms with E-state index in [0.29, 0.717) is 13.0 Å². The number of thioether (sulfide) groups is 1. The summed E-state index contributed by atoms with van der Waals surface area (Å²) >= 11 is 1.78. The molecule has 0 aromatic rings. The number of hydrogen-bond donors (Lipinski definition) is 3. The van der Waals surface area contributed by atoms with E-state index in [0.717, 1.165) is 24.7 Å². The number of guanidine groups is 1. The smallest absolute Gasteiger partial charge is 0.221 e. The van der Waals surface area contributed by atoms with Crippen LogP contribution in [0.2, 0.25) is 0 Å². The number of nitrogens with one attached hydrogen (secondary N) is 3. The van der Waals surface area contributed by atoms with E-state index in [1.165, 1.54) is 0 Å². The average molecular weight is 402 g/mol. The first-order valence-electron chi connectivity index (χ1n) is 6.36. The number of carbonyl (C=O) groups is 1. The molecule has 19 heavy (non-hydrogen) atoms. The van der Waals surface area contributed by atoms with Crippen LogP contribution >= 0.6 is 35.7 Å². The van der Waals surface area contributed by atoms with Crippen LogP contribution in [0.15, 0.2) is 4.99 Å². The van der Waals surface area contributed by atoms with Crippen LogP contribution in [0, 0.1) is 0 Å². The first-order valence-corrected chi connectivity index (χ1v) is 7.76. The van der Waals surface area contributed by atoms with Gasteiger partial charge in [-0.25, -0.2) is 0 Å². The van der Waals surface area contributed by atoms with E-state index in [4.69, 9.17) is 0 Å². The van der Waals surface area contributed by atoms with E-state index >= 15 is 0 Å². The summed E-state index contributed by atoms with van der Waals surface area (Å²) in [7, 11) is 1.73. The lowest BCUT2D eigenvalue weighted by Gasteiger charge is -2.13. The summed E-state index contributed by atoms with van der Waals surface area (Å²) < 4.78 is 0. The van der Waals surface area contributed by atoms with Crippen molar-refractivity contribution in [3.8, 4) is 0 Å². The minimum absolute atomic E-state index is 0. The van der Waals surface area contributed by atoms with Crippen molar-refractivity contribution in [1.29, 1.82) is 0 Å². The monoisotopic (exact) mass is 402 g/mol. The molecule has 5 nitrogen and oxygen atoms in total. The van der Waals surface area contributed by atoms with Crippen molar-refractivity contribution in [2.24, 2.45) is 4.99 Å². The molecule has 0 aliphatic heterocycles. The molecule has 0 aliphatic rings. The third-order valence-corrected chi connectivity index (χ3v) is 3.10.